The smallest absolute Gasteiger partial charge is 0.144 e. The summed E-state index contributed by atoms with van der Waals surface area (Å²) in [7, 11) is 2.03. The van der Waals surface area contributed by atoms with Crippen molar-refractivity contribution < 1.29 is 0 Å². The minimum absolute atomic E-state index is 0.520. The van der Waals surface area contributed by atoms with Crippen LogP contribution in [0.15, 0.2) is 6.07 Å². The molecule has 0 aliphatic carbocycles. The first-order chi connectivity index (χ1) is 6.11. The predicted molar refractivity (Wildman–Crippen MR) is 53.8 cm³/mol. The molecule has 1 rings (SSSR count). The Morgan fingerprint density at radius 1 is 1.46 bits per heavy atom. The standard InChI is InChI=1S/C9H14ClN3/c1-4-13(3)6-9-11-7(2)5-8(10)12-9/h5H,4,6H2,1-3H3. The molecular formula is C9H14ClN3. The molecule has 0 aliphatic rings. The molecule has 1 aromatic rings. The lowest BCUT2D eigenvalue weighted by molar-refractivity contribution is 0.336. The van der Waals surface area contributed by atoms with E-state index in [0.717, 1.165) is 24.6 Å². The lowest BCUT2D eigenvalue weighted by atomic mass is 10.4. The third-order valence-corrected chi connectivity index (χ3v) is 2.01. The first kappa shape index (κ1) is 10.4. The van der Waals surface area contributed by atoms with E-state index < -0.39 is 0 Å². The third kappa shape index (κ3) is 3.28. The van der Waals surface area contributed by atoms with Crippen molar-refractivity contribution in [2.24, 2.45) is 0 Å². The molecule has 0 radical (unpaired) electrons. The van der Waals surface area contributed by atoms with E-state index in [1.54, 1.807) is 6.07 Å². The van der Waals surface area contributed by atoms with Gasteiger partial charge in [0.05, 0.1) is 6.54 Å². The molecule has 0 aromatic carbocycles. The molecule has 0 fully saturated rings. The van der Waals surface area contributed by atoms with Crippen LogP contribution in [0.25, 0.3) is 0 Å². The average Bonchev–Trinajstić information content (AvgIpc) is 2.02. The monoisotopic (exact) mass is 199 g/mol. The summed E-state index contributed by atoms with van der Waals surface area (Å²) in [5.41, 5.74) is 0.916. The van der Waals surface area contributed by atoms with Crippen molar-refractivity contribution in [2.75, 3.05) is 13.6 Å². The Labute approximate surface area is 83.8 Å². The summed E-state index contributed by atoms with van der Waals surface area (Å²) in [6.45, 7) is 5.74. The molecule has 3 nitrogen and oxygen atoms in total. The molecule has 0 N–H and O–H groups in total. The van der Waals surface area contributed by atoms with Gasteiger partial charge in [0.25, 0.3) is 0 Å². The normalized spacial score (nSPS) is 10.8. The summed E-state index contributed by atoms with van der Waals surface area (Å²) >= 11 is 5.81. The zero-order chi connectivity index (χ0) is 9.84. The predicted octanol–water partition coefficient (Wildman–Crippen LogP) is 1.89. The van der Waals surface area contributed by atoms with Gasteiger partial charge in [-0.05, 0) is 26.6 Å². The van der Waals surface area contributed by atoms with Crippen LogP contribution in [0.5, 0.6) is 0 Å². The van der Waals surface area contributed by atoms with E-state index in [2.05, 4.69) is 21.8 Å². The van der Waals surface area contributed by atoms with E-state index in [-0.39, 0.29) is 0 Å². The van der Waals surface area contributed by atoms with Crippen LogP contribution in [0.3, 0.4) is 0 Å². The second-order valence-corrected chi connectivity index (χ2v) is 3.47. The second kappa shape index (κ2) is 4.53. The van der Waals surface area contributed by atoms with E-state index in [1.165, 1.54) is 0 Å². The van der Waals surface area contributed by atoms with E-state index in [4.69, 9.17) is 11.6 Å². The molecule has 72 valence electrons. The molecule has 4 heteroatoms. The largest absolute Gasteiger partial charge is 0.299 e. The maximum Gasteiger partial charge on any atom is 0.144 e. The molecule has 1 aromatic heterocycles. The van der Waals surface area contributed by atoms with E-state index in [1.807, 2.05) is 14.0 Å². The summed E-state index contributed by atoms with van der Waals surface area (Å²) in [4.78, 5) is 10.5. The van der Waals surface area contributed by atoms with E-state index >= 15 is 0 Å². The lowest BCUT2D eigenvalue weighted by Gasteiger charge is -2.12. The summed E-state index contributed by atoms with van der Waals surface area (Å²) in [6, 6.07) is 1.76. The highest BCUT2D eigenvalue weighted by molar-refractivity contribution is 6.29. The van der Waals surface area contributed by atoms with Crippen molar-refractivity contribution in [3.8, 4) is 0 Å². The molecule has 0 atom stereocenters. The molecule has 0 saturated heterocycles. The van der Waals surface area contributed by atoms with Crippen LogP contribution >= 0.6 is 11.6 Å². The summed E-state index contributed by atoms with van der Waals surface area (Å²) in [5.74, 6) is 0.786. The van der Waals surface area contributed by atoms with Gasteiger partial charge in [0.1, 0.15) is 11.0 Å². The van der Waals surface area contributed by atoms with Gasteiger partial charge in [-0.2, -0.15) is 0 Å². The van der Waals surface area contributed by atoms with Crippen LogP contribution in [0.2, 0.25) is 5.15 Å². The molecule has 0 saturated carbocycles. The Morgan fingerprint density at radius 3 is 2.69 bits per heavy atom. The molecule has 0 spiro atoms. The number of halogens is 1. The number of hydrogen-bond donors (Lipinski definition) is 0. The van der Waals surface area contributed by atoms with Crippen molar-refractivity contribution in [2.45, 2.75) is 20.4 Å². The zero-order valence-corrected chi connectivity index (χ0v) is 8.97. The van der Waals surface area contributed by atoms with Crippen molar-refractivity contribution in [1.29, 1.82) is 0 Å². The van der Waals surface area contributed by atoms with Gasteiger partial charge in [-0.15, -0.1) is 0 Å². The van der Waals surface area contributed by atoms with E-state index in [0.29, 0.717) is 5.15 Å². The highest BCUT2D eigenvalue weighted by Crippen LogP contribution is 2.07. The summed E-state index contributed by atoms with van der Waals surface area (Å²) in [5, 5.41) is 0.520. The summed E-state index contributed by atoms with van der Waals surface area (Å²) < 4.78 is 0. The molecule has 0 amide bonds. The molecule has 1 heterocycles. The van der Waals surface area contributed by atoms with Crippen LogP contribution in [-0.2, 0) is 6.54 Å². The molecule has 13 heavy (non-hydrogen) atoms. The highest BCUT2D eigenvalue weighted by atomic mass is 35.5. The van der Waals surface area contributed by atoms with Crippen LogP contribution in [0.1, 0.15) is 18.4 Å². The first-order valence-electron chi connectivity index (χ1n) is 4.30. The van der Waals surface area contributed by atoms with Gasteiger partial charge in [0.15, 0.2) is 0 Å². The molecular weight excluding hydrogens is 186 g/mol. The lowest BCUT2D eigenvalue weighted by Crippen LogP contribution is -2.18. The molecule has 0 unspecified atom stereocenters. The van der Waals surface area contributed by atoms with Crippen LogP contribution in [0, 0.1) is 6.92 Å². The van der Waals surface area contributed by atoms with Gasteiger partial charge in [-0.3, -0.25) is 4.90 Å². The molecule has 0 bridgehead atoms. The number of hydrogen-bond acceptors (Lipinski definition) is 3. The minimum atomic E-state index is 0.520. The minimum Gasteiger partial charge on any atom is -0.299 e. The van der Waals surface area contributed by atoms with Crippen molar-refractivity contribution in [3.05, 3.63) is 22.7 Å². The number of nitrogens with zero attached hydrogens (tertiary/aromatic N) is 3. The van der Waals surface area contributed by atoms with Crippen LogP contribution < -0.4 is 0 Å². The fourth-order valence-corrected chi connectivity index (χ4v) is 1.27. The Bertz CT molecular complexity index is 268. The first-order valence-corrected chi connectivity index (χ1v) is 4.68. The maximum atomic E-state index is 5.81. The van der Waals surface area contributed by atoms with Crippen molar-refractivity contribution in [1.82, 2.24) is 14.9 Å². The Hall–Kier alpha value is -0.670. The van der Waals surface area contributed by atoms with Crippen molar-refractivity contribution in [3.63, 3.8) is 0 Å². The quantitative estimate of drug-likeness (QED) is 0.697. The van der Waals surface area contributed by atoms with Gasteiger partial charge >= 0.3 is 0 Å². The van der Waals surface area contributed by atoms with E-state index in [9.17, 15) is 0 Å². The topological polar surface area (TPSA) is 29.0 Å². The van der Waals surface area contributed by atoms with Crippen LogP contribution in [0.4, 0.5) is 0 Å². The van der Waals surface area contributed by atoms with Gasteiger partial charge in [-0.25, -0.2) is 9.97 Å². The third-order valence-electron chi connectivity index (χ3n) is 1.82. The Balaban J connectivity index is 2.77. The van der Waals surface area contributed by atoms with Gasteiger partial charge in [-0.1, -0.05) is 18.5 Å². The van der Waals surface area contributed by atoms with Gasteiger partial charge < -0.3 is 0 Å². The molecule has 0 aliphatic heterocycles. The maximum absolute atomic E-state index is 5.81. The number of rotatable bonds is 3. The Morgan fingerprint density at radius 2 is 2.15 bits per heavy atom. The number of aromatic nitrogens is 2. The van der Waals surface area contributed by atoms with Gasteiger partial charge in [0.2, 0.25) is 0 Å². The van der Waals surface area contributed by atoms with Crippen molar-refractivity contribution >= 4 is 11.6 Å². The van der Waals surface area contributed by atoms with Gasteiger partial charge in [0, 0.05) is 5.69 Å². The number of aryl methyl sites for hydroxylation is 1. The average molecular weight is 200 g/mol. The zero-order valence-electron chi connectivity index (χ0n) is 8.21. The SMILES string of the molecule is CCN(C)Cc1nc(C)cc(Cl)n1. The van der Waals surface area contributed by atoms with Crippen LogP contribution in [-0.4, -0.2) is 28.5 Å². The fraction of sp³-hybridized carbons (Fsp3) is 0.556. The Kier molecular flexibility index (Phi) is 3.63. The fourth-order valence-electron chi connectivity index (χ4n) is 1.01. The summed E-state index contributed by atoms with van der Waals surface area (Å²) in [6.07, 6.45) is 0. The highest BCUT2D eigenvalue weighted by Gasteiger charge is 2.02. The second-order valence-electron chi connectivity index (χ2n) is 3.08.